The molecular weight excluding hydrogens is 290 g/mol. The predicted molar refractivity (Wildman–Crippen MR) is 80.0 cm³/mol. The molecule has 0 aliphatic heterocycles. The first-order valence-corrected chi connectivity index (χ1v) is 7.46. The molecular formula is C13H19N5O2S. The predicted octanol–water partition coefficient (Wildman–Crippen LogP) is 1.37. The van der Waals surface area contributed by atoms with Crippen LogP contribution >= 0.6 is 11.3 Å². The van der Waals surface area contributed by atoms with Crippen LogP contribution in [0, 0.1) is 12.8 Å². The van der Waals surface area contributed by atoms with E-state index >= 15 is 0 Å². The number of aromatic nitrogens is 4. The lowest BCUT2D eigenvalue weighted by Crippen LogP contribution is -2.44. The second-order valence-corrected chi connectivity index (χ2v) is 6.46. The second-order valence-electron chi connectivity index (χ2n) is 5.46. The number of aromatic amines is 1. The third kappa shape index (κ3) is 3.45. The van der Waals surface area contributed by atoms with Crippen LogP contribution in [0.15, 0.2) is 6.33 Å². The maximum atomic E-state index is 12.2. The van der Waals surface area contributed by atoms with E-state index in [0.717, 1.165) is 0 Å². The molecule has 1 atom stereocenters. The van der Waals surface area contributed by atoms with Crippen LogP contribution in [0.4, 0.5) is 0 Å². The van der Waals surface area contributed by atoms with E-state index in [1.807, 2.05) is 13.8 Å². The maximum Gasteiger partial charge on any atom is 0.263 e. The number of amides is 1. The molecule has 2 rings (SSSR count). The van der Waals surface area contributed by atoms with Crippen LogP contribution < -0.4 is 5.32 Å². The van der Waals surface area contributed by atoms with Gasteiger partial charge in [0.1, 0.15) is 11.2 Å². The van der Waals surface area contributed by atoms with Crippen molar-refractivity contribution in [2.45, 2.75) is 33.3 Å². The minimum Gasteiger partial charge on any atom is -0.388 e. The van der Waals surface area contributed by atoms with E-state index in [2.05, 4.69) is 25.5 Å². The van der Waals surface area contributed by atoms with Gasteiger partial charge in [-0.1, -0.05) is 13.8 Å². The van der Waals surface area contributed by atoms with Crippen molar-refractivity contribution in [1.29, 1.82) is 0 Å². The number of aryl methyl sites for hydroxylation is 1. The number of aliphatic hydroxyl groups is 1. The Morgan fingerprint density at radius 1 is 1.57 bits per heavy atom. The quantitative estimate of drug-likeness (QED) is 0.774. The summed E-state index contributed by atoms with van der Waals surface area (Å²) in [5, 5.41) is 20.0. The Hall–Kier alpha value is -1.80. The topological polar surface area (TPSA) is 104 Å². The smallest absolute Gasteiger partial charge is 0.263 e. The van der Waals surface area contributed by atoms with Crippen LogP contribution in [0.1, 0.15) is 36.1 Å². The highest BCUT2D eigenvalue weighted by atomic mass is 32.1. The van der Waals surface area contributed by atoms with Crippen molar-refractivity contribution >= 4 is 17.2 Å². The monoisotopic (exact) mass is 309 g/mol. The molecule has 1 unspecified atom stereocenters. The molecule has 0 aromatic carbocycles. The molecule has 0 saturated carbocycles. The van der Waals surface area contributed by atoms with E-state index in [1.165, 1.54) is 17.7 Å². The van der Waals surface area contributed by atoms with E-state index in [0.29, 0.717) is 21.4 Å². The fourth-order valence-corrected chi connectivity index (χ4v) is 2.49. The van der Waals surface area contributed by atoms with Gasteiger partial charge in [-0.05, 0) is 19.8 Å². The fraction of sp³-hybridized carbons (Fsp3) is 0.538. The number of thiazole rings is 1. The summed E-state index contributed by atoms with van der Waals surface area (Å²) in [5.41, 5.74) is -0.310. The van der Waals surface area contributed by atoms with Gasteiger partial charge in [-0.3, -0.25) is 9.89 Å². The first-order valence-electron chi connectivity index (χ1n) is 6.65. The molecule has 0 spiro atoms. The van der Waals surface area contributed by atoms with Gasteiger partial charge >= 0.3 is 0 Å². The average molecular weight is 309 g/mol. The third-order valence-electron chi connectivity index (χ3n) is 3.47. The highest BCUT2D eigenvalue weighted by Crippen LogP contribution is 2.25. The van der Waals surface area contributed by atoms with Gasteiger partial charge in [-0.25, -0.2) is 9.97 Å². The van der Waals surface area contributed by atoms with Crippen molar-refractivity contribution in [1.82, 2.24) is 25.5 Å². The van der Waals surface area contributed by atoms with Gasteiger partial charge in [0.15, 0.2) is 10.8 Å². The van der Waals surface area contributed by atoms with Crippen molar-refractivity contribution < 1.29 is 9.90 Å². The standard InChI is InChI=1S/C13H19N5O2S/c1-7(2)13(4,20)5-14-11(19)9-8(3)17-12(21-9)10-15-6-16-18-10/h6-7,20H,5H2,1-4H3,(H,14,19)(H,15,16,18). The molecule has 2 heterocycles. The van der Waals surface area contributed by atoms with E-state index in [1.54, 1.807) is 13.8 Å². The highest BCUT2D eigenvalue weighted by molar-refractivity contribution is 7.17. The van der Waals surface area contributed by atoms with Gasteiger partial charge in [0.25, 0.3) is 5.91 Å². The molecule has 1 amide bonds. The summed E-state index contributed by atoms with van der Waals surface area (Å²) in [5.74, 6) is 0.345. The van der Waals surface area contributed by atoms with Crippen LogP contribution in [0.3, 0.4) is 0 Å². The van der Waals surface area contributed by atoms with Crippen molar-refractivity contribution in [3.63, 3.8) is 0 Å². The zero-order valence-corrected chi connectivity index (χ0v) is 13.3. The minimum absolute atomic E-state index is 0.0464. The Labute approximate surface area is 126 Å². The number of hydrogen-bond donors (Lipinski definition) is 3. The molecule has 2 aromatic heterocycles. The molecule has 0 bridgehead atoms. The van der Waals surface area contributed by atoms with Crippen LogP contribution in [0.5, 0.6) is 0 Å². The summed E-state index contributed by atoms with van der Waals surface area (Å²) in [6, 6.07) is 0. The van der Waals surface area contributed by atoms with Gasteiger partial charge in [-0.15, -0.1) is 11.3 Å². The molecule has 3 N–H and O–H groups in total. The Morgan fingerprint density at radius 2 is 2.29 bits per heavy atom. The maximum absolute atomic E-state index is 12.2. The zero-order chi connectivity index (χ0) is 15.6. The van der Waals surface area contributed by atoms with Crippen LogP contribution in [-0.4, -0.2) is 43.3 Å². The molecule has 0 radical (unpaired) electrons. The summed E-state index contributed by atoms with van der Waals surface area (Å²) in [7, 11) is 0. The number of nitrogens with one attached hydrogen (secondary N) is 2. The Bertz CT molecular complexity index is 619. The molecule has 0 aliphatic rings. The van der Waals surface area contributed by atoms with Crippen LogP contribution in [0.25, 0.3) is 10.8 Å². The first kappa shape index (κ1) is 15.6. The Kier molecular flexibility index (Phi) is 4.38. The van der Waals surface area contributed by atoms with E-state index < -0.39 is 5.60 Å². The zero-order valence-electron chi connectivity index (χ0n) is 12.5. The third-order valence-corrected chi connectivity index (χ3v) is 4.63. The summed E-state index contributed by atoms with van der Waals surface area (Å²) in [4.78, 5) is 21.1. The van der Waals surface area contributed by atoms with E-state index in [9.17, 15) is 9.90 Å². The molecule has 0 saturated heterocycles. The molecule has 8 heteroatoms. The lowest BCUT2D eigenvalue weighted by Gasteiger charge is -2.27. The minimum atomic E-state index is -0.942. The molecule has 0 aliphatic carbocycles. The van der Waals surface area contributed by atoms with Crippen molar-refractivity contribution in [2.75, 3.05) is 6.54 Å². The number of carbonyl (C=O) groups is 1. The van der Waals surface area contributed by atoms with Crippen molar-refractivity contribution in [3.05, 3.63) is 16.9 Å². The number of nitrogens with zero attached hydrogens (tertiary/aromatic N) is 3. The Morgan fingerprint density at radius 3 is 2.86 bits per heavy atom. The summed E-state index contributed by atoms with van der Waals surface area (Å²) < 4.78 is 0. The number of carbonyl (C=O) groups excluding carboxylic acids is 1. The summed E-state index contributed by atoms with van der Waals surface area (Å²) in [6.45, 7) is 7.49. The highest BCUT2D eigenvalue weighted by Gasteiger charge is 2.26. The van der Waals surface area contributed by atoms with Gasteiger partial charge < -0.3 is 10.4 Å². The lowest BCUT2D eigenvalue weighted by molar-refractivity contribution is 0.0142. The summed E-state index contributed by atoms with van der Waals surface area (Å²) >= 11 is 1.25. The van der Waals surface area contributed by atoms with Crippen molar-refractivity contribution in [3.8, 4) is 10.8 Å². The van der Waals surface area contributed by atoms with Crippen LogP contribution in [0.2, 0.25) is 0 Å². The first-order chi connectivity index (χ1) is 9.81. The molecule has 0 fully saturated rings. The summed E-state index contributed by atoms with van der Waals surface area (Å²) in [6.07, 6.45) is 1.39. The Balaban J connectivity index is 2.10. The van der Waals surface area contributed by atoms with Gasteiger partial charge in [-0.2, -0.15) is 5.10 Å². The fourth-order valence-electron chi connectivity index (χ4n) is 1.56. The van der Waals surface area contributed by atoms with E-state index in [-0.39, 0.29) is 18.4 Å². The van der Waals surface area contributed by atoms with E-state index in [4.69, 9.17) is 0 Å². The largest absolute Gasteiger partial charge is 0.388 e. The van der Waals surface area contributed by atoms with Gasteiger partial charge in [0, 0.05) is 6.54 Å². The van der Waals surface area contributed by atoms with Crippen LogP contribution in [-0.2, 0) is 0 Å². The number of rotatable bonds is 5. The van der Waals surface area contributed by atoms with Gasteiger partial charge in [0.2, 0.25) is 0 Å². The molecule has 114 valence electrons. The molecule has 7 nitrogen and oxygen atoms in total. The SMILES string of the molecule is Cc1nc(-c2ncn[nH]2)sc1C(=O)NCC(C)(O)C(C)C. The molecule has 21 heavy (non-hydrogen) atoms. The normalized spacial score (nSPS) is 14.2. The number of H-pyrrole nitrogens is 1. The number of hydrogen-bond acceptors (Lipinski definition) is 6. The molecule has 2 aromatic rings. The average Bonchev–Trinajstić information content (AvgIpc) is 3.04. The van der Waals surface area contributed by atoms with Crippen molar-refractivity contribution in [2.24, 2.45) is 5.92 Å². The second kappa shape index (κ2) is 5.90. The van der Waals surface area contributed by atoms with Gasteiger partial charge in [0.05, 0.1) is 11.3 Å². The lowest BCUT2D eigenvalue weighted by atomic mass is 9.92.